The minimum atomic E-state index is 0.222. The van der Waals surface area contributed by atoms with Crippen molar-refractivity contribution in [3.63, 3.8) is 0 Å². The number of nitrogen functional groups attached to an aromatic ring is 1. The Kier molecular flexibility index (Phi) is 4.06. The fourth-order valence-corrected chi connectivity index (χ4v) is 2.38. The van der Waals surface area contributed by atoms with Crippen LogP contribution in [0.4, 0.5) is 22.7 Å². The number of ether oxygens (including phenoxy) is 3. The van der Waals surface area contributed by atoms with Gasteiger partial charge in [-0.3, -0.25) is 0 Å². The second kappa shape index (κ2) is 6.16. The fourth-order valence-electron chi connectivity index (χ4n) is 2.38. The van der Waals surface area contributed by atoms with Crippen molar-refractivity contribution < 1.29 is 14.2 Å². The molecule has 0 amide bonds. The number of rotatable bonds is 5. The number of anilines is 4. The molecule has 0 saturated heterocycles. The summed E-state index contributed by atoms with van der Waals surface area (Å²) in [4.78, 5) is 2.03. The Morgan fingerprint density at radius 3 is 2.57 bits per heavy atom. The van der Waals surface area contributed by atoms with Crippen LogP contribution in [0.5, 0.6) is 17.2 Å². The van der Waals surface area contributed by atoms with Crippen molar-refractivity contribution in [2.45, 2.75) is 6.92 Å². The zero-order valence-electron chi connectivity index (χ0n) is 13.6. The van der Waals surface area contributed by atoms with Gasteiger partial charge in [0, 0.05) is 38.0 Å². The summed E-state index contributed by atoms with van der Waals surface area (Å²) in [5.41, 5.74) is 9.36. The third kappa shape index (κ3) is 3.06. The van der Waals surface area contributed by atoms with E-state index < -0.39 is 0 Å². The van der Waals surface area contributed by atoms with Crippen molar-refractivity contribution in [1.82, 2.24) is 0 Å². The average molecular weight is 315 g/mol. The molecule has 3 rings (SSSR count). The predicted molar refractivity (Wildman–Crippen MR) is 92.2 cm³/mol. The Balaban J connectivity index is 1.93. The standard InChI is InChI=1S/C17H21N3O3/c1-4-21-15-7-11(20(2)3)5-6-13(15)19-14-9-17-16(8-12(14)18)22-10-23-17/h5-9,19H,4,10,18H2,1-3H3. The van der Waals surface area contributed by atoms with E-state index in [1.807, 2.05) is 50.2 Å². The van der Waals surface area contributed by atoms with E-state index in [9.17, 15) is 0 Å². The Bertz CT molecular complexity index is 716. The molecule has 1 aliphatic rings. The third-order valence-electron chi connectivity index (χ3n) is 3.60. The first-order valence-electron chi connectivity index (χ1n) is 7.48. The molecule has 122 valence electrons. The second-order valence-corrected chi connectivity index (χ2v) is 5.43. The molecule has 6 heteroatoms. The number of fused-ring (bicyclic) bond motifs is 1. The van der Waals surface area contributed by atoms with E-state index in [4.69, 9.17) is 19.9 Å². The van der Waals surface area contributed by atoms with Crippen LogP contribution in [-0.2, 0) is 0 Å². The quantitative estimate of drug-likeness (QED) is 0.826. The lowest BCUT2D eigenvalue weighted by Crippen LogP contribution is -2.09. The van der Waals surface area contributed by atoms with Crippen molar-refractivity contribution in [3.05, 3.63) is 30.3 Å². The predicted octanol–water partition coefficient (Wildman–Crippen LogP) is 3.21. The lowest BCUT2D eigenvalue weighted by molar-refractivity contribution is 0.174. The summed E-state index contributed by atoms with van der Waals surface area (Å²) in [5.74, 6) is 2.13. The van der Waals surface area contributed by atoms with Gasteiger partial charge >= 0.3 is 0 Å². The van der Waals surface area contributed by atoms with Crippen molar-refractivity contribution >= 4 is 22.7 Å². The Morgan fingerprint density at radius 1 is 1.13 bits per heavy atom. The molecular formula is C17H21N3O3. The van der Waals surface area contributed by atoms with Crippen molar-refractivity contribution in [2.75, 3.05) is 43.4 Å². The van der Waals surface area contributed by atoms with Crippen LogP contribution in [-0.4, -0.2) is 27.5 Å². The number of hydrogen-bond donors (Lipinski definition) is 2. The monoisotopic (exact) mass is 315 g/mol. The number of nitrogens with two attached hydrogens (primary N) is 1. The van der Waals surface area contributed by atoms with E-state index in [-0.39, 0.29) is 6.79 Å². The smallest absolute Gasteiger partial charge is 0.231 e. The maximum Gasteiger partial charge on any atom is 0.231 e. The van der Waals surface area contributed by atoms with Gasteiger partial charge in [0.05, 0.1) is 23.7 Å². The van der Waals surface area contributed by atoms with Crippen molar-refractivity contribution in [2.24, 2.45) is 0 Å². The minimum Gasteiger partial charge on any atom is -0.492 e. The highest BCUT2D eigenvalue weighted by atomic mass is 16.7. The van der Waals surface area contributed by atoms with Crippen LogP contribution < -0.4 is 30.2 Å². The molecule has 0 spiro atoms. The highest BCUT2D eigenvalue weighted by molar-refractivity contribution is 5.79. The molecule has 0 bridgehead atoms. The molecule has 3 N–H and O–H groups in total. The number of hydrogen-bond acceptors (Lipinski definition) is 6. The Hall–Kier alpha value is -2.76. The average Bonchev–Trinajstić information content (AvgIpc) is 2.96. The first-order chi connectivity index (χ1) is 11.1. The van der Waals surface area contributed by atoms with E-state index in [1.165, 1.54) is 0 Å². The highest BCUT2D eigenvalue weighted by Crippen LogP contribution is 2.40. The molecule has 1 aliphatic heterocycles. The van der Waals surface area contributed by atoms with E-state index in [0.717, 1.165) is 22.8 Å². The molecule has 0 aromatic heterocycles. The zero-order valence-corrected chi connectivity index (χ0v) is 13.6. The lowest BCUT2D eigenvalue weighted by Gasteiger charge is -2.18. The first kappa shape index (κ1) is 15.1. The van der Waals surface area contributed by atoms with Gasteiger partial charge in [0.25, 0.3) is 0 Å². The van der Waals surface area contributed by atoms with E-state index in [0.29, 0.717) is 23.8 Å². The van der Waals surface area contributed by atoms with E-state index in [2.05, 4.69) is 5.32 Å². The molecule has 0 radical (unpaired) electrons. The Labute approximate surface area is 135 Å². The van der Waals surface area contributed by atoms with Gasteiger partial charge < -0.3 is 30.2 Å². The molecule has 0 saturated carbocycles. The maximum atomic E-state index is 6.10. The third-order valence-corrected chi connectivity index (χ3v) is 3.60. The molecule has 2 aromatic rings. The molecule has 2 aromatic carbocycles. The van der Waals surface area contributed by atoms with Crippen LogP contribution in [0.25, 0.3) is 0 Å². The second-order valence-electron chi connectivity index (χ2n) is 5.43. The SMILES string of the molecule is CCOc1cc(N(C)C)ccc1Nc1cc2c(cc1N)OCO2. The van der Waals surface area contributed by atoms with Gasteiger partial charge in [0.2, 0.25) is 6.79 Å². The summed E-state index contributed by atoms with van der Waals surface area (Å²) in [5, 5.41) is 3.32. The lowest BCUT2D eigenvalue weighted by atomic mass is 10.2. The largest absolute Gasteiger partial charge is 0.492 e. The van der Waals surface area contributed by atoms with Crippen molar-refractivity contribution in [3.8, 4) is 17.2 Å². The van der Waals surface area contributed by atoms with Gasteiger partial charge in [-0.25, -0.2) is 0 Å². The summed E-state index contributed by atoms with van der Waals surface area (Å²) in [6.07, 6.45) is 0. The summed E-state index contributed by atoms with van der Waals surface area (Å²) in [6, 6.07) is 9.60. The van der Waals surface area contributed by atoms with Gasteiger partial charge in [-0.05, 0) is 19.1 Å². The minimum absolute atomic E-state index is 0.222. The van der Waals surface area contributed by atoms with Gasteiger partial charge in [0.1, 0.15) is 5.75 Å². The summed E-state index contributed by atoms with van der Waals surface area (Å²) >= 11 is 0. The molecule has 0 aliphatic carbocycles. The van der Waals surface area contributed by atoms with Crippen LogP contribution in [0, 0.1) is 0 Å². The van der Waals surface area contributed by atoms with Crippen LogP contribution in [0.3, 0.4) is 0 Å². The molecule has 0 unspecified atom stereocenters. The maximum absolute atomic E-state index is 6.10. The van der Waals surface area contributed by atoms with Crippen LogP contribution in [0.2, 0.25) is 0 Å². The van der Waals surface area contributed by atoms with Crippen LogP contribution in [0.15, 0.2) is 30.3 Å². The normalized spacial score (nSPS) is 12.1. The van der Waals surface area contributed by atoms with Crippen LogP contribution >= 0.6 is 0 Å². The van der Waals surface area contributed by atoms with E-state index in [1.54, 1.807) is 6.07 Å². The molecule has 23 heavy (non-hydrogen) atoms. The fraction of sp³-hybridized carbons (Fsp3) is 0.294. The zero-order chi connectivity index (χ0) is 16.4. The Morgan fingerprint density at radius 2 is 1.87 bits per heavy atom. The number of nitrogens with zero attached hydrogens (tertiary/aromatic N) is 1. The molecule has 1 heterocycles. The van der Waals surface area contributed by atoms with Gasteiger partial charge in [0.15, 0.2) is 11.5 Å². The van der Waals surface area contributed by atoms with Crippen LogP contribution in [0.1, 0.15) is 6.92 Å². The highest BCUT2D eigenvalue weighted by Gasteiger charge is 2.17. The van der Waals surface area contributed by atoms with Gasteiger partial charge in [-0.15, -0.1) is 0 Å². The summed E-state index contributed by atoms with van der Waals surface area (Å²) < 4.78 is 16.5. The molecule has 0 fully saturated rings. The summed E-state index contributed by atoms with van der Waals surface area (Å²) in [7, 11) is 3.99. The molecular weight excluding hydrogens is 294 g/mol. The summed E-state index contributed by atoms with van der Waals surface area (Å²) in [6.45, 7) is 2.77. The first-order valence-corrected chi connectivity index (χ1v) is 7.48. The van der Waals surface area contributed by atoms with Gasteiger partial charge in [-0.2, -0.15) is 0 Å². The van der Waals surface area contributed by atoms with Crippen molar-refractivity contribution in [1.29, 1.82) is 0 Å². The number of nitrogens with one attached hydrogen (secondary N) is 1. The number of benzene rings is 2. The van der Waals surface area contributed by atoms with E-state index >= 15 is 0 Å². The topological polar surface area (TPSA) is 69.0 Å². The molecule has 0 atom stereocenters. The molecule has 6 nitrogen and oxygen atoms in total. The van der Waals surface area contributed by atoms with Gasteiger partial charge in [-0.1, -0.05) is 0 Å².